The van der Waals surface area contributed by atoms with Crippen LogP contribution in [0.25, 0.3) is 0 Å². The largest absolute Gasteiger partial charge is 0.484 e. The fourth-order valence-corrected chi connectivity index (χ4v) is 4.22. The molecule has 0 aromatic heterocycles. The van der Waals surface area contributed by atoms with Crippen LogP contribution in [0, 0.1) is 0 Å². The standard InChI is InChI=1S/C22H20N2O6S/c1-24(17-7-3-2-4-8-17)31(26,27)19-9-5-6-16(12-19)23-22(25)14-28-18-10-11-20-21(13-18)30-15-29-20/h2-13H,14-15H2,1H3,(H,23,25). The molecule has 9 heteroatoms. The van der Waals surface area contributed by atoms with Crippen LogP contribution in [-0.2, 0) is 14.8 Å². The van der Waals surface area contributed by atoms with Crippen LogP contribution in [0.2, 0.25) is 0 Å². The number of hydrogen-bond donors (Lipinski definition) is 1. The van der Waals surface area contributed by atoms with Crippen LogP contribution in [0.5, 0.6) is 17.2 Å². The first-order chi connectivity index (χ1) is 14.9. The molecule has 4 rings (SSSR count). The number of amides is 1. The van der Waals surface area contributed by atoms with Gasteiger partial charge >= 0.3 is 0 Å². The molecule has 0 spiro atoms. The summed E-state index contributed by atoms with van der Waals surface area (Å²) in [5, 5.41) is 2.65. The minimum absolute atomic E-state index is 0.0633. The van der Waals surface area contributed by atoms with Crippen LogP contribution in [0.15, 0.2) is 77.7 Å². The van der Waals surface area contributed by atoms with E-state index in [1.807, 2.05) is 6.07 Å². The molecule has 1 aliphatic rings. The smallest absolute Gasteiger partial charge is 0.264 e. The molecule has 3 aromatic carbocycles. The molecule has 1 heterocycles. The minimum atomic E-state index is -3.79. The first-order valence-corrected chi connectivity index (χ1v) is 10.8. The van der Waals surface area contributed by atoms with Gasteiger partial charge in [-0.25, -0.2) is 8.42 Å². The number of fused-ring (bicyclic) bond motifs is 1. The highest BCUT2D eigenvalue weighted by Gasteiger charge is 2.22. The molecular formula is C22H20N2O6S. The van der Waals surface area contributed by atoms with Crippen LogP contribution in [0.4, 0.5) is 11.4 Å². The number of benzene rings is 3. The topological polar surface area (TPSA) is 94.2 Å². The van der Waals surface area contributed by atoms with Gasteiger partial charge in [-0.05, 0) is 42.5 Å². The molecular weight excluding hydrogens is 420 g/mol. The predicted octanol–water partition coefficient (Wildman–Crippen LogP) is 3.26. The van der Waals surface area contributed by atoms with Crippen LogP contribution in [0.1, 0.15) is 0 Å². The van der Waals surface area contributed by atoms with Crippen molar-refractivity contribution < 1.29 is 27.4 Å². The van der Waals surface area contributed by atoms with Gasteiger partial charge < -0.3 is 19.5 Å². The summed E-state index contributed by atoms with van der Waals surface area (Å²) in [6.45, 7) is -0.0987. The van der Waals surface area contributed by atoms with Gasteiger partial charge in [-0.2, -0.15) is 0 Å². The molecule has 0 aliphatic carbocycles. The van der Waals surface area contributed by atoms with Gasteiger partial charge in [-0.3, -0.25) is 9.10 Å². The summed E-state index contributed by atoms with van der Waals surface area (Å²) in [5.41, 5.74) is 0.885. The van der Waals surface area contributed by atoms with Crippen molar-refractivity contribution >= 4 is 27.3 Å². The minimum Gasteiger partial charge on any atom is -0.484 e. The van der Waals surface area contributed by atoms with Gasteiger partial charge in [0, 0.05) is 18.8 Å². The summed E-state index contributed by atoms with van der Waals surface area (Å²) in [6.07, 6.45) is 0. The van der Waals surface area contributed by atoms with E-state index < -0.39 is 15.9 Å². The molecule has 0 unspecified atom stereocenters. The van der Waals surface area contributed by atoms with Gasteiger partial charge in [0.25, 0.3) is 15.9 Å². The van der Waals surface area contributed by atoms with Crippen LogP contribution >= 0.6 is 0 Å². The molecule has 0 atom stereocenters. The number of carbonyl (C=O) groups excluding carboxylic acids is 1. The van der Waals surface area contributed by atoms with E-state index >= 15 is 0 Å². The average Bonchev–Trinajstić information content (AvgIpc) is 3.26. The quantitative estimate of drug-likeness (QED) is 0.606. The van der Waals surface area contributed by atoms with Gasteiger partial charge in [0.1, 0.15) is 5.75 Å². The maximum absolute atomic E-state index is 12.9. The lowest BCUT2D eigenvalue weighted by Crippen LogP contribution is -2.26. The predicted molar refractivity (Wildman–Crippen MR) is 115 cm³/mol. The lowest BCUT2D eigenvalue weighted by Gasteiger charge is -2.19. The normalized spacial score (nSPS) is 12.3. The number of ether oxygens (including phenoxy) is 3. The van der Waals surface area contributed by atoms with E-state index in [0.29, 0.717) is 28.6 Å². The SMILES string of the molecule is CN(c1ccccc1)S(=O)(=O)c1cccc(NC(=O)COc2ccc3c(c2)OCO3)c1. The number of sulfonamides is 1. The van der Waals surface area contributed by atoms with Crippen molar-refractivity contribution in [3.8, 4) is 17.2 Å². The zero-order chi connectivity index (χ0) is 21.8. The van der Waals surface area contributed by atoms with Gasteiger partial charge in [0.15, 0.2) is 18.1 Å². The summed E-state index contributed by atoms with van der Waals surface area (Å²) in [5.74, 6) is 1.21. The fraction of sp³-hybridized carbons (Fsp3) is 0.136. The highest BCUT2D eigenvalue weighted by Crippen LogP contribution is 2.35. The second-order valence-corrected chi connectivity index (χ2v) is 8.66. The van der Waals surface area contributed by atoms with Crippen molar-refractivity contribution in [2.75, 3.05) is 30.1 Å². The molecule has 8 nitrogen and oxygen atoms in total. The Balaban J connectivity index is 1.41. The van der Waals surface area contributed by atoms with Crippen molar-refractivity contribution in [1.82, 2.24) is 0 Å². The van der Waals surface area contributed by atoms with E-state index in [4.69, 9.17) is 14.2 Å². The summed E-state index contributed by atoms with van der Waals surface area (Å²) in [4.78, 5) is 12.3. The average molecular weight is 440 g/mol. The third-order valence-electron chi connectivity index (χ3n) is 4.61. The molecule has 1 N–H and O–H groups in total. The second kappa shape index (κ2) is 8.57. The molecule has 1 aliphatic heterocycles. The molecule has 0 radical (unpaired) electrons. The number of nitrogens with zero attached hydrogens (tertiary/aromatic N) is 1. The number of rotatable bonds is 7. The van der Waals surface area contributed by atoms with E-state index in [1.54, 1.807) is 54.6 Å². The molecule has 160 valence electrons. The summed E-state index contributed by atoms with van der Waals surface area (Å²) < 4.78 is 43.1. The van der Waals surface area contributed by atoms with E-state index in [9.17, 15) is 13.2 Å². The lowest BCUT2D eigenvalue weighted by molar-refractivity contribution is -0.118. The Morgan fingerprint density at radius 1 is 1.00 bits per heavy atom. The van der Waals surface area contributed by atoms with Crippen molar-refractivity contribution in [1.29, 1.82) is 0 Å². The number of para-hydroxylation sites is 1. The zero-order valence-corrected chi connectivity index (χ0v) is 17.5. The third-order valence-corrected chi connectivity index (χ3v) is 6.39. The summed E-state index contributed by atoms with van der Waals surface area (Å²) in [6, 6.07) is 19.8. The van der Waals surface area contributed by atoms with E-state index in [2.05, 4.69) is 5.32 Å². The fourth-order valence-electron chi connectivity index (χ4n) is 2.98. The molecule has 0 saturated carbocycles. The Kier molecular flexibility index (Phi) is 5.68. The molecule has 0 bridgehead atoms. The molecule has 3 aromatic rings. The third kappa shape index (κ3) is 4.56. The second-order valence-electron chi connectivity index (χ2n) is 6.69. The van der Waals surface area contributed by atoms with Crippen molar-refractivity contribution in [2.45, 2.75) is 4.90 Å². The van der Waals surface area contributed by atoms with Gasteiger partial charge in [0.05, 0.1) is 10.6 Å². The zero-order valence-electron chi connectivity index (χ0n) is 16.6. The van der Waals surface area contributed by atoms with Crippen molar-refractivity contribution in [3.05, 3.63) is 72.8 Å². The molecule has 0 saturated heterocycles. The van der Waals surface area contributed by atoms with Gasteiger partial charge in [-0.1, -0.05) is 24.3 Å². The van der Waals surface area contributed by atoms with Crippen LogP contribution < -0.4 is 23.8 Å². The van der Waals surface area contributed by atoms with Gasteiger partial charge in [0.2, 0.25) is 6.79 Å². The first-order valence-electron chi connectivity index (χ1n) is 9.40. The first kappa shape index (κ1) is 20.5. The number of carbonyl (C=O) groups is 1. The number of nitrogens with one attached hydrogen (secondary N) is 1. The Morgan fingerprint density at radius 3 is 2.58 bits per heavy atom. The highest BCUT2D eigenvalue weighted by molar-refractivity contribution is 7.92. The van der Waals surface area contributed by atoms with Crippen molar-refractivity contribution in [2.24, 2.45) is 0 Å². The van der Waals surface area contributed by atoms with E-state index in [-0.39, 0.29) is 18.3 Å². The van der Waals surface area contributed by atoms with Crippen LogP contribution in [-0.4, -0.2) is 34.8 Å². The Bertz CT molecular complexity index is 1200. The summed E-state index contributed by atoms with van der Waals surface area (Å²) in [7, 11) is -2.31. The molecule has 0 fully saturated rings. The summed E-state index contributed by atoms with van der Waals surface area (Å²) >= 11 is 0. The van der Waals surface area contributed by atoms with E-state index in [0.717, 1.165) is 0 Å². The molecule has 31 heavy (non-hydrogen) atoms. The molecule has 1 amide bonds. The Hall–Kier alpha value is -3.72. The van der Waals surface area contributed by atoms with Crippen LogP contribution in [0.3, 0.4) is 0 Å². The van der Waals surface area contributed by atoms with Crippen molar-refractivity contribution in [3.63, 3.8) is 0 Å². The van der Waals surface area contributed by atoms with Gasteiger partial charge in [-0.15, -0.1) is 0 Å². The monoisotopic (exact) mass is 440 g/mol. The maximum atomic E-state index is 12.9. The maximum Gasteiger partial charge on any atom is 0.264 e. The Morgan fingerprint density at radius 2 is 1.77 bits per heavy atom. The lowest BCUT2D eigenvalue weighted by atomic mass is 10.3. The number of anilines is 2. The Labute approximate surface area is 180 Å². The number of hydrogen-bond acceptors (Lipinski definition) is 6. The van der Waals surface area contributed by atoms with E-state index in [1.165, 1.54) is 23.5 Å². The highest BCUT2D eigenvalue weighted by atomic mass is 32.2.